The number of carbonyl (C=O) groups is 1. The van der Waals surface area contributed by atoms with Gasteiger partial charge in [-0.3, -0.25) is 4.79 Å². The van der Waals surface area contributed by atoms with E-state index in [9.17, 15) is 4.79 Å². The second kappa shape index (κ2) is 8.07. The summed E-state index contributed by atoms with van der Waals surface area (Å²) in [5.41, 5.74) is 4.91. The van der Waals surface area contributed by atoms with Crippen molar-refractivity contribution in [3.63, 3.8) is 0 Å². The van der Waals surface area contributed by atoms with Crippen molar-refractivity contribution in [1.82, 2.24) is 0 Å². The largest absolute Gasteiger partial charge is 0.289 e. The molecular formula is C24H20O. The molecule has 0 atom stereocenters. The predicted octanol–water partition coefficient (Wildman–Crippen LogP) is 6.06. The molecule has 0 N–H and O–H groups in total. The molecule has 3 aromatic rings. The summed E-state index contributed by atoms with van der Waals surface area (Å²) in [5, 5.41) is 0. The number of hydrogen-bond acceptors (Lipinski definition) is 1. The topological polar surface area (TPSA) is 17.1 Å². The van der Waals surface area contributed by atoms with Crippen molar-refractivity contribution in [2.75, 3.05) is 0 Å². The number of benzene rings is 3. The lowest BCUT2D eigenvalue weighted by atomic mass is 9.97. The summed E-state index contributed by atoms with van der Waals surface area (Å²) >= 11 is 0. The molecule has 0 aliphatic carbocycles. The zero-order chi connectivity index (χ0) is 17.5. The maximum Gasteiger partial charge on any atom is 0.186 e. The molecule has 0 bridgehead atoms. The van der Waals surface area contributed by atoms with Gasteiger partial charge in [0.25, 0.3) is 0 Å². The maximum absolute atomic E-state index is 12.6. The Morgan fingerprint density at radius 3 is 1.56 bits per heavy atom. The van der Waals surface area contributed by atoms with E-state index in [0.29, 0.717) is 5.56 Å². The van der Waals surface area contributed by atoms with Crippen molar-refractivity contribution in [3.05, 3.63) is 120 Å². The molecule has 0 spiro atoms. The van der Waals surface area contributed by atoms with Crippen LogP contribution in [-0.2, 0) is 0 Å². The van der Waals surface area contributed by atoms with Crippen LogP contribution in [0.4, 0.5) is 0 Å². The summed E-state index contributed by atoms with van der Waals surface area (Å²) < 4.78 is 0. The first-order chi connectivity index (χ1) is 12.2. The molecule has 1 nitrogen and oxygen atoms in total. The predicted molar refractivity (Wildman–Crippen MR) is 105 cm³/mol. The lowest BCUT2D eigenvalue weighted by molar-refractivity contribution is 0.104. The molecule has 0 aliphatic heterocycles. The zero-order valence-electron chi connectivity index (χ0n) is 14.2. The molecular weight excluding hydrogens is 304 g/mol. The smallest absolute Gasteiger partial charge is 0.186 e. The van der Waals surface area contributed by atoms with Crippen molar-refractivity contribution in [2.24, 2.45) is 0 Å². The van der Waals surface area contributed by atoms with Crippen LogP contribution in [0, 0.1) is 0 Å². The van der Waals surface area contributed by atoms with Gasteiger partial charge in [-0.25, -0.2) is 0 Å². The Morgan fingerprint density at radius 1 is 0.600 bits per heavy atom. The molecule has 0 unspecified atom stereocenters. The normalized spacial score (nSPS) is 12.0. The average molecular weight is 324 g/mol. The van der Waals surface area contributed by atoms with E-state index in [1.165, 1.54) is 0 Å². The number of allylic oxidation sites excluding steroid dienone is 4. The first-order valence-corrected chi connectivity index (χ1v) is 8.34. The first-order valence-electron chi connectivity index (χ1n) is 8.34. The second-order valence-electron chi connectivity index (χ2n) is 5.89. The Hall–Kier alpha value is -3.19. The van der Waals surface area contributed by atoms with Crippen LogP contribution in [0.3, 0.4) is 0 Å². The molecule has 0 aromatic heterocycles. The molecule has 25 heavy (non-hydrogen) atoms. The summed E-state index contributed by atoms with van der Waals surface area (Å²) in [6.45, 7) is 2.07. The van der Waals surface area contributed by atoms with Crippen LogP contribution in [0.1, 0.15) is 28.4 Å². The number of rotatable bonds is 5. The third-order valence-corrected chi connectivity index (χ3v) is 4.05. The first kappa shape index (κ1) is 16.7. The van der Waals surface area contributed by atoms with Gasteiger partial charge in [-0.15, -0.1) is 0 Å². The molecule has 0 saturated carbocycles. The van der Waals surface area contributed by atoms with Crippen LogP contribution in [-0.4, -0.2) is 5.78 Å². The van der Waals surface area contributed by atoms with E-state index in [1.54, 1.807) is 6.08 Å². The fourth-order valence-electron chi connectivity index (χ4n) is 2.68. The van der Waals surface area contributed by atoms with Gasteiger partial charge in [0.05, 0.1) is 0 Å². The lowest BCUT2D eigenvalue weighted by Gasteiger charge is -2.07. The molecule has 0 aliphatic rings. The van der Waals surface area contributed by atoms with Gasteiger partial charge in [-0.05, 0) is 35.3 Å². The highest BCUT2D eigenvalue weighted by atomic mass is 16.1. The van der Waals surface area contributed by atoms with Crippen molar-refractivity contribution in [3.8, 4) is 0 Å². The van der Waals surface area contributed by atoms with E-state index in [0.717, 1.165) is 22.3 Å². The number of carbonyl (C=O) groups excluding carboxylic acids is 1. The highest BCUT2D eigenvalue weighted by molar-refractivity contribution is 6.10. The highest BCUT2D eigenvalue weighted by Crippen LogP contribution is 2.23. The quantitative estimate of drug-likeness (QED) is 0.317. The van der Waals surface area contributed by atoms with Gasteiger partial charge in [-0.2, -0.15) is 0 Å². The van der Waals surface area contributed by atoms with Gasteiger partial charge in [-0.1, -0.05) is 97.1 Å². The Kier molecular flexibility index (Phi) is 5.38. The Morgan fingerprint density at radius 2 is 1.04 bits per heavy atom. The van der Waals surface area contributed by atoms with Crippen LogP contribution in [0.5, 0.6) is 0 Å². The monoisotopic (exact) mass is 324 g/mol. The zero-order valence-corrected chi connectivity index (χ0v) is 14.2. The average Bonchev–Trinajstić information content (AvgIpc) is 2.69. The van der Waals surface area contributed by atoms with Crippen LogP contribution in [0.2, 0.25) is 0 Å². The standard InChI is InChI=1S/C24H20O/c1-19(20-11-5-2-6-12-20)17-23(21-13-7-3-8-14-21)18-24(25)22-15-9-4-10-16-22/h2-18H,1H3. The summed E-state index contributed by atoms with van der Waals surface area (Å²) in [6.07, 6.45) is 3.79. The fourth-order valence-corrected chi connectivity index (χ4v) is 2.68. The molecule has 0 amide bonds. The Balaban J connectivity index is 2.02. The molecule has 3 aromatic carbocycles. The highest BCUT2D eigenvalue weighted by Gasteiger charge is 2.06. The van der Waals surface area contributed by atoms with Gasteiger partial charge in [0.1, 0.15) is 0 Å². The van der Waals surface area contributed by atoms with E-state index in [1.807, 2.05) is 78.9 Å². The molecule has 122 valence electrons. The second-order valence-corrected chi connectivity index (χ2v) is 5.89. The van der Waals surface area contributed by atoms with Crippen LogP contribution in [0.25, 0.3) is 11.1 Å². The minimum Gasteiger partial charge on any atom is -0.289 e. The molecule has 0 saturated heterocycles. The van der Waals surface area contributed by atoms with Gasteiger partial charge in [0.15, 0.2) is 5.78 Å². The number of ketones is 1. The Bertz CT molecular complexity index is 889. The van der Waals surface area contributed by atoms with E-state index >= 15 is 0 Å². The van der Waals surface area contributed by atoms with Crippen LogP contribution in [0.15, 0.2) is 103 Å². The summed E-state index contributed by atoms with van der Waals surface area (Å²) in [4.78, 5) is 12.6. The molecule has 3 rings (SSSR count). The Labute approximate surface area is 149 Å². The molecule has 0 heterocycles. The van der Waals surface area contributed by atoms with Crippen LogP contribution >= 0.6 is 0 Å². The third-order valence-electron chi connectivity index (χ3n) is 4.05. The minimum atomic E-state index is 0.0107. The molecule has 1 heteroatoms. The lowest BCUT2D eigenvalue weighted by Crippen LogP contribution is -1.96. The van der Waals surface area contributed by atoms with Crippen molar-refractivity contribution < 1.29 is 4.79 Å². The molecule has 0 fully saturated rings. The summed E-state index contributed by atoms with van der Waals surface area (Å²) in [5.74, 6) is 0.0107. The van der Waals surface area contributed by atoms with Gasteiger partial charge in [0, 0.05) is 5.56 Å². The van der Waals surface area contributed by atoms with E-state index < -0.39 is 0 Å². The number of hydrogen-bond donors (Lipinski definition) is 0. The van der Waals surface area contributed by atoms with E-state index in [4.69, 9.17) is 0 Å². The van der Waals surface area contributed by atoms with Gasteiger partial charge in [0.2, 0.25) is 0 Å². The maximum atomic E-state index is 12.6. The van der Waals surface area contributed by atoms with Crippen molar-refractivity contribution in [1.29, 1.82) is 0 Å². The molecule has 0 radical (unpaired) electrons. The van der Waals surface area contributed by atoms with Crippen molar-refractivity contribution >= 4 is 16.9 Å². The van der Waals surface area contributed by atoms with Crippen LogP contribution < -0.4 is 0 Å². The van der Waals surface area contributed by atoms with Gasteiger partial charge < -0.3 is 0 Å². The van der Waals surface area contributed by atoms with Crippen molar-refractivity contribution in [2.45, 2.75) is 6.92 Å². The SMILES string of the molecule is CC(=CC(=CC(=O)c1ccccc1)c1ccccc1)c1ccccc1. The van der Waals surface area contributed by atoms with Gasteiger partial charge >= 0.3 is 0 Å². The summed E-state index contributed by atoms with van der Waals surface area (Å²) in [6, 6.07) is 29.6. The fraction of sp³-hybridized carbons (Fsp3) is 0.0417. The van der Waals surface area contributed by atoms with E-state index in [2.05, 4.69) is 25.1 Å². The summed E-state index contributed by atoms with van der Waals surface area (Å²) in [7, 11) is 0. The third kappa shape index (κ3) is 4.42. The minimum absolute atomic E-state index is 0.0107. The van der Waals surface area contributed by atoms with E-state index in [-0.39, 0.29) is 5.78 Å².